The number of aliphatic hydroxyl groups excluding tert-OH is 1. The molecule has 1 aromatic rings. The van der Waals surface area contributed by atoms with E-state index in [2.05, 4.69) is 15.3 Å². The number of nitrogens with one attached hydrogen (secondary N) is 1. The molecule has 1 aromatic heterocycles. The molecule has 0 bridgehead atoms. The van der Waals surface area contributed by atoms with Crippen molar-refractivity contribution in [1.82, 2.24) is 9.97 Å². The van der Waals surface area contributed by atoms with E-state index >= 15 is 0 Å². The van der Waals surface area contributed by atoms with Gasteiger partial charge in [-0.05, 0) is 19.6 Å². The van der Waals surface area contributed by atoms with Crippen LogP contribution in [-0.4, -0.2) is 34.0 Å². The third kappa shape index (κ3) is 3.93. The topological polar surface area (TPSA) is 84.1 Å². The Morgan fingerprint density at radius 1 is 1.60 bits per heavy atom. The number of nitrogen functional groups attached to an aromatic ring is 1. The van der Waals surface area contributed by atoms with E-state index in [0.29, 0.717) is 23.2 Å². The Morgan fingerprint density at radius 3 is 2.93 bits per heavy atom. The summed E-state index contributed by atoms with van der Waals surface area (Å²) in [5, 5.41) is 12.6. The molecular formula is C9H16N4OS. The summed E-state index contributed by atoms with van der Waals surface area (Å²) < 4.78 is 0. The Hall–Kier alpha value is -1.01. The predicted molar refractivity (Wildman–Crippen MR) is 63.0 cm³/mol. The Balaban J connectivity index is 2.71. The van der Waals surface area contributed by atoms with E-state index in [1.54, 1.807) is 6.07 Å². The van der Waals surface area contributed by atoms with Crippen molar-refractivity contribution in [3.63, 3.8) is 0 Å². The van der Waals surface area contributed by atoms with Crippen molar-refractivity contribution in [2.75, 3.05) is 23.9 Å². The van der Waals surface area contributed by atoms with Gasteiger partial charge < -0.3 is 16.2 Å². The molecule has 0 aliphatic heterocycles. The summed E-state index contributed by atoms with van der Waals surface area (Å²) in [6, 6.07) is 1.85. The molecule has 1 unspecified atom stereocenters. The van der Waals surface area contributed by atoms with Crippen LogP contribution in [0.2, 0.25) is 0 Å². The van der Waals surface area contributed by atoms with Gasteiger partial charge in [-0.25, -0.2) is 9.97 Å². The number of nitrogens with two attached hydrogens (primary N) is 1. The van der Waals surface area contributed by atoms with Gasteiger partial charge in [0.2, 0.25) is 0 Å². The maximum atomic E-state index is 8.77. The van der Waals surface area contributed by atoms with Gasteiger partial charge in [0.25, 0.3) is 0 Å². The van der Waals surface area contributed by atoms with E-state index in [1.807, 2.05) is 13.2 Å². The zero-order valence-electron chi connectivity index (χ0n) is 8.90. The largest absolute Gasteiger partial charge is 0.396 e. The van der Waals surface area contributed by atoms with Crippen LogP contribution in [0.15, 0.2) is 11.2 Å². The molecule has 0 radical (unpaired) electrons. The SMILES string of the molecule is CSc1nc(N)cc(NC(C)CCO)n1. The Morgan fingerprint density at radius 2 is 2.33 bits per heavy atom. The van der Waals surface area contributed by atoms with Crippen LogP contribution in [0.1, 0.15) is 13.3 Å². The fraction of sp³-hybridized carbons (Fsp3) is 0.556. The lowest BCUT2D eigenvalue weighted by molar-refractivity contribution is 0.282. The summed E-state index contributed by atoms with van der Waals surface area (Å²) in [6.45, 7) is 2.14. The third-order valence-electron chi connectivity index (χ3n) is 1.86. The van der Waals surface area contributed by atoms with Gasteiger partial charge in [-0.15, -0.1) is 0 Å². The minimum absolute atomic E-state index is 0.157. The van der Waals surface area contributed by atoms with E-state index in [-0.39, 0.29) is 12.6 Å². The number of aromatic nitrogens is 2. The average Bonchev–Trinajstić information content (AvgIpc) is 2.17. The number of hydrogen-bond acceptors (Lipinski definition) is 6. The predicted octanol–water partition coefficient (Wildman–Crippen LogP) is 0.964. The molecule has 15 heavy (non-hydrogen) atoms. The molecule has 5 nitrogen and oxygen atoms in total. The van der Waals surface area contributed by atoms with Crippen molar-refractivity contribution in [3.8, 4) is 0 Å². The number of rotatable bonds is 5. The second kappa shape index (κ2) is 5.77. The second-order valence-electron chi connectivity index (χ2n) is 3.22. The smallest absolute Gasteiger partial charge is 0.191 e. The lowest BCUT2D eigenvalue weighted by Crippen LogP contribution is -2.17. The molecule has 0 saturated carbocycles. The highest BCUT2D eigenvalue weighted by Crippen LogP contribution is 2.16. The first kappa shape index (κ1) is 12.1. The first-order valence-electron chi connectivity index (χ1n) is 4.71. The zero-order valence-corrected chi connectivity index (χ0v) is 9.71. The highest BCUT2D eigenvalue weighted by Gasteiger charge is 2.05. The van der Waals surface area contributed by atoms with Crippen molar-refractivity contribution in [1.29, 1.82) is 0 Å². The van der Waals surface area contributed by atoms with Crippen molar-refractivity contribution in [2.24, 2.45) is 0 Å². The van der Waals surface area contributed by atoms with Crippen LogP contribution in [0.4, 0.5) is 11.6 Å². The highest BCUT2D eigenvalue weighted by atomic mass is 32.2. The molecule has 1 rings (SSSR count). The Kier molecular flexibility index (Phi) is 4.64. The van der Waals surface area contributed by atoms with Crippen LogP contribution >= 0.6 is 11.8 Å². The highest BCUT2D eigenvalue weighted by molar-refractivity contribution is 7.98. The molecule has 1 heterocycles. The van der Waals surface area contributed by atoms with E-state index in [0.717, 1.165) is 0 Å². The van der Waals surface area contributed by atoms with Crippen molar-refractivity contribution in [2.45, 2.75) is 24.5 Å². The first-order valence-corrected chi connectivity index (χ1v) is 5.94. The molecule has 6 heteroatoms. The number of nitrogens with zero attached hydrogens (tertiary/aromatic N) is 2. The van der Waals surface area contributed by atoms with Gasteiger partial charge in [-0.2, -0.15) is 0 Å². The molecule has 1 atom stereocenters. The number of aliphatic hydroxyl groups is 1. The fourth-order valence-electron chi connectivity index (χ4n) is 1.13. The van der Waals surface area contributed by atoms with Crippen LogP contribution in [0.5, 0.6) is 0 Å². The molecule has 0 amide bonds. The quantitative estimate of drug-likeness (QED) is 0.514. The van der Waals surface area contributed by atoms with E-state index in [1.165, 1.54) is 11.8 Å². The van der Waals surface area contributed by atoms with E-state index < -0.39 is 0 Å². The Bertz CT molecular complexity index is 321. The summed E-state index contributed by atoms with van der Waals surface area (Å²) >= 11 is 1.45. The number of anilines is 2. The summed E-state index contributed by atoms with van der Waals surface area (Å²) in [6.07, 6.45) is 2.58. The van der Waals surface area contributed by atoms with Crippen molar-refractivity contribution >= 4 is 23.4 Å². The minimum atomic E-state index is 0.157. The summed E-state index contributed by atoms with van der Waals surface area (Å²) in [5.74, 6) is 1.15. The summed E-state index contributed by atoms with van der Waals surface area (Å²) in [7, 11) is 0. The second-order valence-corrected chi connectivity index (χ2v) is 4.00. The first-order chi connectivity index (χ1) is 7.15. The lowest BCUT2D eigenvalue weighted by atomic mass is 10.2. The van der Waals surface area contributed by atoms with E-state index in [4.69, 9.17) is 10.8 Å². The molecule has 0 aromatic carbocycles. The molecule has 0 spiro atoms. The zero-order chi connectivity index (χ0) is 11.3. The molecule has 0 aliphatic carbocycles. The van der Waals surface area contributed by atoms with Crippen LogP contribution in [0.3, 0.4) is 0 Å². The van der Waals surface area contributed by atoms with Gasteiger partial charge in [0.1, 0.15) is 11.6 Å². The maximum absolute atomic E-state index is 8.77. The molecule has 4 N–H and O–H groups in total. The van der Waals surface area contributed by atoms with Gasteiger partial charge in [0.15, 0.2) is 5.16 Å². The lowest BCUT2D eigenvalue weighted by Gasteiger charge is -2.13. The normalized spacial score (nSPS) is 12.5. The molecule has 0 fully saturated rings. The van der Waals surface area contributed by atoms with Gasteiger partial charge >= 0.3 is 0 Å². The third-order valence-corrected chi connectivity index (χ3v) is 2.41. The van der Waals surface area contributed by atoms with Crippen LogP contribution in [0, 0.1) is 0 Å². The van der Waals surface area contributed by atoms with E-state index in [9.17, 15) is 0 Å². The molecule has 0 saturated heterocycles. The van der Waals surface area contributed by atoms with Gasteiger partial charge in [0.05, 0.1) is 0 Å². The van der Waals surface area contributed by atoms with Gasteiger partial charge in [-0.3, -0.25) is 0 Å². The van der Waals surface area contributed by atoms with Crippen LogP contribution in [0.25, 0.3) is 0 Å². The fourth-order valence-corrected chi connectivity index (χ4v) is 1.51. The number of thioether (sulfide) groups is 1. The van der Waals surface area contributed by atoms with Crippen molar-refractivity contribution < 1.29 is 5.11 Å². The van der Waals surface area contributed by atoms with Gasteiger partial charge in [0, 0.05) is 18.7 Å². The van der Waals surface area contributed by atoms with Crippen LogP contribution in [-0.2, 0) is 0 Å². The molecule has 0 aliphatic rings. The standard InChI is InChI=1S/C9H16N4OS/c1-6(3-4-14)11-8-5-7(10)12-9(13-8)15-2/h5-6,14H,3-4H2,1-2H3,(H3,10,11,12,13). The van der Waals surface area contributed by atoms with Crippen molar-refractivity contribution in [3.05, 3.63) is 6.07 Å². The minimum Gasteiger partial charge on any atom is -0.396 e. The number of hydrogen-bond donors (Lipinski definition) is 3. The Labute approximate surface area is 93.5 Å². The molecule has 84 valence electrons. The summed E-state index contributed by atoms with van der Waals surface area (Å²) in [5.41, 5.74) is 5.63. The monoisotopic (exact) mass is 228 g/mol. The molecular weight excluding hydrogens is 212 g/mol. The van der Waals surface area contributed by atoms with Crippen LogP contribution < -0.4 is 11.1 Å². The maximum Gasteiger partial charge on any atom is 0.191 e. The average molecular weight is 228 g/mol. The summed E-state index contributed by atoms with van der Waals surface area (Å²) in [4.78, 5) is 8.30. The van der Waals surface area contributed by atoms with Gasteiger partial charge in [-0.1, -0.05) is 11.8 Å².